The lowest BCUT2D eigenvalue weighted by Gasteiger charge is -2.21. The number of rotatable bonds is 5. The van der Waals surface area contributed by atoms with E-state index in [0.717, 1.165) is 5.69 Å². The molecule has 0 saturated heterocycles. The maximum atomic E-state index is 11.6. The van der Waals surface area contributed by atoms with Crippen LogP contribution in [-0.4, -0.2) is 33.2 Å². The summed E-state index contributed by atoms with van der Waals surface area (Å²) in [7, 11) is 3.13. The fraction of sp³-hybridized carbons (Fsp3) is 0.417. The van der Waals surface area contributed by atoms with E-state index in [1.807, 2.05) is 6.92 Å². The van der Waals surface area contributed by atoms with Crippen LogP contribution < -0.4 is 20.1 Å². The SMILES string of the molecule is CCN(C(=O)CN)c1ccc(OC)c(OC)c1. The van der Waals surface area contributed by atoms with Crippen LogP contribution in [0.4, 0.5) is 5.69 Å². The summed E-state index contributed by atoms with van der Waals surface area (Å²) < 4.78 is 10.3. The predicted octanol–water partition coefficient (Wildman–Crippen LogP) is 1.02. The summed E-state index contributed by atoms with van der Waals surface area (Å²) in [5.41, 5.74) is 6.12. The molecule has 0 radical (unpaired) electrons. The number of methoxy groups -OCH3 is 2. The standard InChI is InChI=1S/C12H18N2O3/c1-4-14(12(15)8-13)9-5-6-10(16-2)11(7-9)17-3/h5-7H,4,8,13H2,1-3H3. The first-order valence-electron chi connectivity index (χ1n) is 5.40. The number of anilines is 1. The van der Waals surface area contributed by atoms with Crippen LogP contribution in [0.25, 0.3) is 0 Å². The molecule has 0 saturated carbocycles. The minimum Gasteiger partial charge on any atom is -0.493 e. The molecular weight excluding hydrogens is 220 g/mol. The van der Waals surface area contributed by atoms with Gasteiger partial charge in [-0.3, -0.25) is 4.79 Å². The van der Waals surface area contributed by atoms with Crippen molar-refractivity contribution in [3.05, 3.63) is 18.2 Å². The molecule has 17 heavy (non-hydrogen) atoms. The van der Waals surface area contributed by atoms with Gasteiger partial charge in [0.1, 0.15) is 0 Å². The van der Waals surface area contributed by atoms with Crippen LogP contribution in [0.5, 0.6) is 11.5 Å². The zero-order chi connectivity index (χ0) is 12.8. The molecule has 1 amide bonds. The van der Waals surface area contributed by atoms with E-state index >= 15 is 0 Å². The van der Waals surface area contributed by atoms with Crippen molar-refractivity contribution in [1.29, 1.82) is 0 Å². The smallest absolute Gasteiger partial charge is 0.240 e. The molecule has 0 unspecified atom stereocenters. The van der Waals surface area contributed by atoms with Crippen molar-refractivity contribution in [2.24, 2.45) is 5.73 Å². The van der Waals surface area contributed by atoms with Gasteiger partial charge in [0, 0.05) is 18.3 Å². The average molecular weight is 238 g/mol. The van der Waals surface area contributed by atoms with Gasteiger partial charge in [-0.15, -0.1) is 0 Å². The van der Waals surface area contributed by atoms with E-state index in [4.69, 9.17) is 15.2 Å². The first kappa shape index (κ1) is 13.3. The molecule has 2 N–H and O–H groups in total. The lowest BCUT2D eigenvalue weighted by atomic mass is 10.2. The summed E-state index contributed by atoms with van der Waals surface area (Å²) in [6.45, 7) is 2.44. The lowest BCUT2D eigenvalue weighted by Crippen LogP contribution is -2.35. The van der Waals surface area contributed by atoms with Crippen molar-refractivity contribution in [3.63, 3.8) is 0 Å². The summed E-state index contributed by atoms with van der Waals surface area (Å²) in [5, 5.41) is 0. The van der Waals surface area contributed by atoms with Crippen LogP contribution in [0, 0.1) is 0 Å². The number of nitrogens with two attached hydrogens (primary N) is 1. The molecule has 0 heterocycles. The Morgan fingerprint density at radius 1 is 1.29 bits per heavy atom. The second-order valence-electron chi connectivity index (χ2n) is 3.38. The van der Waals surface area contributed by atoms with Crippen LogP contribution in [0.15, 0.2) is 18.2 Å². The normalized spacial score (nSPS) is 9.88. The van der Waals surface area contributed by atoms with Gasteiger partial charge < -0.3 is 20.1 Å². The minimum atomic E-state index is -0.125. The number of carbonyl (C=O) groups excluding carboxylic acids is 1. The van der Waals surface area contributed by atoms with Crippen LogP contribution in [0.1, 0.15) is 6.92 Å². The third-order valence-electron chi connectivity index (χ3n) is 2.47. The Kier molecular flexibility index (Phi) is 4.78. The molecule has 0 aliphatic heterocycles. The van der Waals surface area contributed by atoms with Gasteiger partial charge in [0.05, 0.1) is 20.8 Å². The fourth-order valence-electron chi connectivity index (χ4n) is 1.61. The zero-order valence-electron chi connectivity index (χ0n) is 10.4. The van der Waals surface area contributed by atoms with E-state index < -0.39 is 0 Å². The monoisotopic (exact) mass is 238 g/mol. The van der Waals surface area contributed by atoms with Gasteiger partial charge in [-0.25, -0.2) is 0 Å². The summed E-state index contributed by atoms with van der Waals surface area (Å²) in [6.07, 6.45) is 0. The highest BCUT2D eigenvalue weighted by molar-refractivity contribution is 5.94. The molecule has 5 heteroatoms. The van der Waals surface area contributed by atoms with Gasteiger partial charge in [-0.2, -0.15) is 0 Å². The maximum absolute atomic E-state index is 11.6. The number of amides is 1. The molecule has 1 aromatic rings. The number of nitrogens with zero attached hydrogens (tertiary/aromatic N) is 1. The van der Waals surface area contributed by atoms with E-state index in [1.54, 1.807) is 37.3 Å². The molecule has 1 aromatic carbocycles. The molecule has 0 atom stereocenters. The van der Waals surface area contributed by atoms with Crippen LogP contribution in [0.3, 0.4) is 0 Å². The van der Waals surface area contributed by atoms with Gasteiger partial charge in [-0.05, 0) is 19.1 Å². The predicted molar refractivity (Wildman–Crippen MR) is 66.6 cm³/mol. The molecule has 0 spiro atoms. The highest BCUT2D eigenvalue weighted by Crippen LogP contribution is 2.31. The maximum Gasteiger partial charge on any atom is 0.240 e. The topological polar surface area (TPSA) is 64.8 Å². The Balaban J connectivity index is 3.09. The lowest BCUT2D eigenvalue weighted by molar-refractivity contribution is -0.117. The average Bonchev–Trinajstić information content (AvgIpc) is 2.38. The van der Waals surface area contributed by atoms with Crippen LogP contribution in [-0.2, 0) is 4.79 Å². The number of benzene rings is 1. The molecule has 0 aromatic heterocycles. The van der Waals surface area contributed by atoms with Gasteiger partial charge in [0.15, 0.2) is 11.5 Å². The fourth-order valence-corrected chi connectivity index (χ4v) is 1.61. The number of ether oxygens (including phenoxy) is 2. The van der Waals surface area contributed by atoms with Gasteiger partial charge >= 0.3 is 0 Å². The molecular formula is C12H18N2O3. The Hall–Kier alpha value is -1.75. The largest absolute Gasteiger partial charge is 0.493 e. The van der Waals surface area contributed by atoms with Gasteiger partial charge in [0.25, 0.3) is 0 Å². The second kappa shape index (κ2) is 6.10. The summed E-state index contributed by atoms with van der Waals surface area (Å²) >= 11 is 0. The van der Waals surface area contributed by atoms with Crippen molar-refractivity contribution in [2.75, 3.05) is 32.2 Å². The Labute approximate surface area is 101 Å². The molecule has 94 valence electrons. The number of likely N-dealkylation sites (N-methyl/N-ethyl adjacent to an activating group) is 1. The van der Waals surface area contributed by atoms with E-state index in [0.29, 0.717) is 18.0 Å². The first-order chi connectivity index (χ1) is 8.17. The van der Waals surface area contributed by atoms with Crippen molar-refractivity contribution in [1.82, 2.24) is 0 Å². The van der Waals surface area contributed by atoms with Gasteiger partial charge in [0.2, 0.25) is 5.91 Å². The van der Waals surface area contributed by atoms with E-state index in [-0.39, 0.29) is 12.5 Å². The highest BCUT2D eigenvalue weighted by Gasteiger charge is 2.14. The summed E-state index contributed by atoms with van der Waals surface area (Å²) in [5.74, 6) is 1.10. The molecule has 0 aliphatic carbocycles. The van der Waals surface area contributed by atoms with Crippen LogP contribution >= 0.6 is 0 Å². The molecule has 5 nitrogen and oxygen atoms in total. The Morgan fingerprint density at radius 2 is 1.94 bits per heavy atom. The molecule has 0 bridgehead atoms. The molecule has 0 aliphatic rings. The molecule has 1 rings (SSSR count). The number of carbonyl (C=O) groups is 1. The number of hydrogen-bond acceptors (Lipinski definition) is 4. The molecule has 0 fully saturated rings. The quantitative estimate of drug-likeness (QED) is 0.831. The third kappa shape index (κ3) is 2.88. The first-order valence-corrected chi connectivity index (χ1v) is 5.40. The van der Waals surface area contributed by atoms with Crippen LogP contribution in [0.2, 0.25) is 0 Å². The minimum absolute atomic E-state index is 0.0117. The Bertz CT molecular complexity index is 393. The van der Waals surface area contributed by atoms with E-state index in [1.165, 1.54) is 0 Å². The zero-order valence-corrected chi connectivity index (χ0v) is 10.4. The second-order valence-corrected chi connectivity index (χ2v) is 3.38. The summed E-state index contributed by atoms with van der Waals surface area (Å²) in [4.78, 5) is 13.2. The summed E-state index contributed by atoms with van der Waals surface area (Å²) in [6, 6.07) is 5.33. The van der Waals surface area contributed by atoms with E-state index in [2.05, 4.69) is 0 Å². The highest BCUT2D eigenvalue weighted by atomic mass is 16.5. The third-order valence-corrected chi connectivity index (χ3v) is 2.47. The number of hydrogen-bond donors (Lipinski definition) is 1. The van der Waals surface area contributed by atoms with Crippen molar-refractivity contribution in [3.8, 4) is 11.5 Å². The van der Waals surface area contributed by atoms with Crippen molar-refractivity contribution < 1.29 is 14.3 Å². The van der Waals surface area contributed by atoms with E-state index in [9.17, 15) is 4.79 Å². The van der Waals surface area contributed by atoms with Gasteiger partial charge in [-0.1, -0.05) is 0 Å². The van der Waals surface area contributed by atoms with Crippen molar-refractivity contribution >= 4 is 11.6 Å². The Morgan fingerprint density at radius 3 is 2.41 bits per heavy atom. The van der Waals surface area contributed by atoms with Crippen molar-refractivity contribution in [2.45, 2.75) is 6.92 Å².